The van der Waals surface area contributed by atoms with Crippen LogP contribution in [0.2, 0.25) is 0 Å². The molecule has 22 heteroatoms. The number of hydrogen-bond donors (Lipinski definition) is 8. The van der Waals surface area contributed by atoms with Gasteiger partial charge in [-0.15, -0.1) is 0 Å². The molecule has 320 valence electrons. The van der Waals surface area contributed by atoms with Crippen molar-refractivity contribution in [1.29, 1.82) is 0 Å². The summed E-state index contributed by atoms with van der Waals surface area (Å²) in [7, 11) is -4.44. The van der Waals surface area contributed by atoms with Crippen LogP contribution >= 0.6 is 7.60 Å². The number of carboxylic acids is 1. The van der Waals surface area contributed by atoms with Crippen molar-refractivity contribution in [3.05, 3.63) is 88.1 Å². The number of allylic oxidation sites excluding steroid dienone is 1. The molecule has 0 radical (unpaired) electrons. The van der Waals surface area contributed by atoms with Gasteiger partial charge in [0.15, 0.2) is 17.3 Å². The van der Waals surface area contributed by atoms with E-state index in [0.717, 1.165) is 17.0 Å². The molecule has 6 rings (SSSR count). The van der Waals surface area contributed by atoms with Gasteiger partial charge in [0.25, 0.3) is 0 Å². The summed E-state index contributed by atoms with van der Waals surface area (Å²) in [6.45, 7) is 3.88. The number of imide groups is 1. The Kier molecular flexibility index (Phi) is 12.9. The van der Waals surface area contributed by atoms with Crippen LogP contribution in [0.25, 0.3) is 0 Å². The SMILES string of the molecule is CC/C=C(\N[C@H]1Cc2ccc(F)c(C(=O)O)c2OB1OC)[C@H](NC(=O)N1CCN(C2CCN(C(=O)Nc3cc(F)c(O)c(O)c3C)CC2)C1=O)c1ccc(P(=O)(O)O)cc1. The van der Waals surface area contributed by atoms with Gasteiger partial charge in [0, 0.05) is 56.7 Å². The predicted molar refractivity (Wildman–Crippen MR) is 212 cm³/mol. The number of amides is 6. The first-order valence-electron chi connectivity index (χ1n) is 19.0. The quantitative estimate of drug-likeness (QED) is 0.0590. The van der Waals surface area contributed by atoms with Crippen molar-refractivity contribution in [2.24, 2.45) is 0 Å². The first-order valence-corrected chi connectivity index (χ1v) is 20.6. The first-order chi connectivity index (χ1) is 28.4. The molecule has 3 aliphatic heterocycles. The number of carboxylic acid groups (broad SMARTS) is 1. The fraction of sp³-hybridized carbons (Fsp3) is 0.368. The molecule has 0 aromatic heterocycles. The van der Waals surface area contributed by atoms with Crippen LogP contribution < -0.4 is 25.9 Å². The number of aromatic hydroxyl groups is 2. The van der Waals surface area contributed by atoms with E-state index >= 15 is 0 Å². The molecule has 3 aromatic carbocycles. The maximum absolute atomic E-state index is 14.5. The summed E-state index contributed by atoms with van der Waals surface area (Å²) in [5, 5.41) is 37.8. The average molecular weight is 857 g/mol. The average Bonchev–Trinajstić information content (AvgIpc) is 3.61. The number of anilines is 1. The summed E-state index contributed by atoms with van der Waals surface area (Å²) in [6, 6.07) is 5.33. The number of phenolic OH excluding ortho intramolecular Hbond substituents is 2. The van der Waals surface area contributed by atoms with Crippen LogP contribution in [0.3, 0.4) is 0 Å². The molecule has 3 aromatic rings. The largest absolute Gasteiger partial charge is 0.549 e. The predicted octanol–water partition coefficient (Wildman–Crippen LogP) is 3.93. The van der Waals surface area contributed by atoms with E-state index in [4.69, 9.17) is 9.31 Å². The van der Waals surface area contributed by atoms with Crippen molar-refractivity contribution in [3.8, 4) is 17.2 Å². The molecule has 60 heavy (non-hydrogen) atoms. The van der Waals surface area contributed by atoms with Crippen molar-refractivity contribution >= 4 is 49.8 Å². The Bertz CT molecular complexity index is 2260. The number of hydrogen-bond acceptors (Lipinski definition) is 10. The van der Waals surface area contributed by atoms with Crippen LogP contribution in [0.15, 0.2) is 54.2 Å². The molecular weight excluding hydrogens is 812 g/mol. The highest BCUT2D eigenvalue weighted by atomic mass is 31.2. The minimum Gasteiger partial charge on any atom is -0.534 e. The Hall–Kier alpha value is -5.89. The molecule has 3 aliphatic rings. The maximum Gasteiger partial charge on any atom is 0.549 e. The van der Waals surface area contributed by atoms with E-state index in [9.17, 15) is 57.6 Å². The van der Waals surface area contributed by atoms with Gasteiger partial charge in [-0.1, -0.05) is 31.2 Å². The lowest BCUT2D eigenvalue weighted by atomic mass is 9.71. The standard InChI is InChI=1S/C38H44BF2N6O12P/c1-4-5-27(42-29-18-22-8-11-25(40)30(35(50)51)34(22)59-39(29)58-3)31(21-6-9-24(10-7-21)60(55,56)57)44-37(53)47-17-16-46(38(47)54)23-12-14-45(15-13-23)36(52)43-28-19-26(41)33(49)32(48)20(28)2/h5-11,19,23,29,31,42,48-49H,4,12-18H2,1-3H3,(H,43,52)(H,44,53)(H,50,51)(H2,55,56,57)/b27-5-/t29-,31+/m0/s1. The van der Waals surface area contributed by atoms with Crippen LogP contribution in [0.1, 0.15) is 59.3 Å². The number of phenols is 2. The fourth-order valence-corrected chi connectivity index (χ4v) is 8.10. The van der Waals surface area contributed by atoms with Gasteiger partial charge in [-0.2, -0.15) is 0 Å². The molecule has 0 saturated carbocycles. The van der Waals surface area contributed by atoms with E-state index in [1.165, 1.54) is 49.3 Å². The number of rotatable bonds is 11. The third-order valence-electron chi connectivity index (χ3n) is 10.8. The topological polar surface area (TPSA) is 251 Å². The number of halogens is 2. The third kappa shape index (κ3) is 8.98. The third-order valence-corrected chi connectivity index (χ3v) is 11.7. The van der Waals surface area contributed by atoms with Crippen molar-refractivity contribution in [2.75, 3.05) is 38.6 Å². The van der Waals surface area contributed by atoms with E-state index in [1.54, 1.807) is 11.0 Å². The number of piperidine rings is 1. The molecule has 0 bridgehead atoms. The van der Waals surface area contributed by atoms with E-state index in [0.29, 0.717) is 36.1 Å². The summed E-state index contributed by atoms with van der Waals surface area (Å²) >= 11 is 0. The number of aromatic carboxylic acids is 1. The smallest absolute Gasteiger partial charge is 0.534 e. The Labute approximate surface area is 343 Å². The lowest BCUT2D eigenvalue weighted by Crippen LogP contribution is -2.54. The summed E-state index contributed by atoms with van der Waals surface area (Å²) in [6.07, 6.45) is 3.00. The zero-order valence-electron chi connectivity index (χ0n) is 32.7. The molecule has 18 nitrogen and oxygen atoms in total. The van der Waals surface area contributed by atoms with Gasteiger partial charge in [-0.3, -0.25) is 4.57 Å². The monoisotopic (exact) mass is 856 g/mol. The van der Waals surface area contributed by atoms with Crippen LogP contribution in [-0.2, 0) is 15.6 Å². The lowest BCUT2D eigenvalue weighted by molar-refractivity contribution is 0.0688. The molecule has 0 spiro atoms. The second-order valence-electron chi connectivity index (χ2n) is 14.5. The van der Waals surface area contributed by atoms with Crippen LogP contribution in [0.5, 0.6) is 17.2 Å². The van der Waals surface area contributed by atoms with Crippen LogP contribution in [-0.4, -0.2) is 116 Å². The van der Waals surface area contributed by atoms with Gasteiger partial charge in [-0.25, -0.2) is 32.9 Å². The number of nitrogens with zero attached hydrogens (tertiary/aromatic N) is 3. The number of benzene rings is 3. The highest BCUT2D eigenvalue weighted by Gasteiger charge is 2.43. The van der Waals surface area contributed by atoms with Gasteiger partial charge in [-0.05, 0) is 61.9 Å². The number of likely N-dealkylation sites (tertiary alicyclic amines) is 1. The molecule has 2 saturated heterocycles. The normalized spacial score (nSPS) is 17.9. The van der Waals surface area contributed by atoms with E-state index in [2.05, 4.69) is 16.0 Å². The molecule has 2 fully saturated rings. The molecule has 8 N–H and O–H groups in total. The van der Waals surface area contributed by atoms with E-state index < -0.39 is 79.5 Å². The number of urea groups is 3. The number of nitrogens with one attached hydrogen (secondary N) is 3. The van der Waals surface area contributed by atoms with Crippen LogP contribution in [0.4, 0.5) is 28.9 Å². The molecule has 0 aliphatic carbocycles. The second-order valence-corrected chi connectivity index (χ2v) is 16.1. The van der Waals surface area contributed by atoms with Crippen molar-refractivity contribution in [3.63, 3.8) is 0 Å². The van der Waals surface area contributed by atoms with Crippen LogP contribution in [0, 0.1) is 18.6 Å². The van der Waals surface area contributed by atoms with Gasteiger partial charge in [0.1, 0.15) is 17.1 Å². The Balaban J connectivity index is 1.18. The minimum absolute atomic E-state index is 0.0172. The van der Waals surface area contributed by atoms with Crippen molar-refractivity contribution in [2.45, 2.75) is 57.6 Å². The van der Waals surface area contributed by atoms with Gasteiger partial charge >= 0.3 is 38.8 Å². The molecule has 3 heterocycles. The molecule has 0 unspecified atom stereocenters. The zero-order chi connectivity index (χ0) is 43.6. The number of fused-ring (bicyclic) bond motifs is 1. The number of carbonyl (C=O) groups is 4. The number of carbonyl (C=O) groups excluding carboxylic acids is 3. The molecule has 2 atom stereocenters. The maximum atomic E-state index is 14.5. The second kappa shape index (κ2) is 17.8. The van der Waals surface area contributed by atoms with Crippen molar-refractivity contribution in [1.82, 2.24) is 25.3 Å². The van der Waals surface area contributed by atoms with E-state index in [-0.39, 0.29) is 60.9 Å². The highest BCUT2D eigenvalue weighted by molar-refractivity contribution is 7.60. The van der Waals surface area contributed by atoms with Gasteiger partial charge in [0.2, 0.25) is 0 Å². The molecular formula is C38H44BF2N6O12P. The Morgan fingerprint density at radius 2 is 1.70 bits per heavy atom. The van der Waals surface area contributed by atoms with Gasteiger partial charge < -0.3 is 60.2 Å². The summed E-state index contributed by atoms with van der Waals surface area (Å²) in [5.41, 5.74) is 0.547. The zero-order valence-corrected chi connectivity index (χ0v) is 33.6. The highest BCUT2D eigenvalue weighted by Crippen LogP contribution is 2.38. The van der Waals surface area contributed by atoms with Gasteiger partial charge in [0.05, 0.1) is 23.0 Å². The minimum atomic E-state index is -4.63. The van der Waals surface area contributed by atoms with Crippen molar-refractivity contribution < 1.29 is 66.9 Å². The summed E-state index contributed by atoms with van der Waals surface area (Å²) in [5.74, 6) is -6.13. The summed E-state index contributed by atoms with van der Waals surface area (Å²) in [4.78, 5) is 76.3. The molecule has 6 amide bonds. The lowest BCUT2D eigenvalue weighted by Gasteiger charge is -2.36. The summed E-state index contributed by atoms with van der Waals surface area (Å²) < 4.78 is 52.0. The van der Waals surface area contributed by atoms with E-state index in [1.807, 2.05) is 6.92 Å². The Morgan fingerprint density at radius 3 is 2.32 bits per heavy atom. The first kappa shape index (κ1) is 43.7. The Morgan fingerprint density at radius 1 is 1.02 bits per heavy atom. The fourth-order valence-electron chi connectivity index (χ4n) is 7.56.